The van der Waals surface area contributed by atoms with E-state index in [0.717, 1.165) is 18.2 Å². The third-order valence-electron chi connectivity index (χ3n) is 4.29. The first kappa shape index (κ1) is 17.8. The van der Waals surface area contributed by atoms with Crippen LogP contribution in [-0.4, -0.2) is 6.18 Å². The lowest BCUT2D eigenvalue weighted by Crippen LogP contribution is -2.26. The standard InChI is InChI=1S/C19H15F6/c20-18(21,22)15-8-4-7-14(17(15)13-9-10-13)16(19(23,24)25)11-12-5-2-1-3-6-12/h1-8,13H,9-11H2. The van der Waals surface area contributed by atoms with Crippen LogP contribution in [0.3, 0.4) is 0 Å². The molecule has 0 bridgehead atoms. The third kappa shape index (κ3) is 3.99. The topological polar surface area (TPSA) is 0 Å². The van der Waals surface area contributed by atoms with Crippen molar-refractivity contribution in [2.24, 2.45) is 0 Å². The molecule has 2 aromatic carbocycles. The summed E-state index contributed by atoms with van der Waals surface area (Å²) in [6, 6.07) is 11.1. The first-order valence-electron chi connectivity index (χ1n) is 7.85. The second-order valence-electron chi connectivity index (χ2n) is 6.18. The zero-order chi connectivity index (χ0) is 18.2. The van der Waals surface area contributed by atoms with Gasteiger partial charge in [0.2, 0.25) is 0 Å². The molecule has 1 saturated carbocycles. The maximum absolute atomic E-state index is 13.7. The summed E-state index contributed by atoms with van der Waals surface area (Å²) in [5.41, 5.74) is -1.08. The van der Waals surface area contributed by atoms with Crippen LogP contribution in [0.25, 0.3) is 0 Å². The van der Waals surface area contributed by atoms with Crippen molar-refractivity contribution in [2.45, 2.75) is 37.5 Å². The van der Waals surface area contributed by atoms with E-state index in [1.54, 1.807) is 18.2 Å². The molecule has 1 fully saturated rings. The molecule has 1 aliphatic carbocycles. The van der Waals surface area contributed by atoms with Crippen molar-refractivity contribution in [3.8, 4) is 0 Å². The van der Waals surface area contributed by atoms with Gasteiger partial charge in [-0.3, -0.25) is 0 Å². The minimum atomic E-state index is -4.70. The molecule has 133 valence electrons. The molecule has 25 heavy (non-hydrogen) atoms. The Hall–Kier alpha value is -1.98. The molecule has 1 radical (unpaired) electrons. The Balaban J connectivity index is 2.10. The van der Waals surface area contributed by atoms with Gasteiger partial charge in [-0.1, -0.05) is 42.5 Å². The van der Waals surface area contributed by atoms with E-state index in [1.165, 1.54) is 12.1 Å². The molecule has 6 heteroatoms. The summed E-state index contributed by atoms with van der Waals surface area (Å²) in [5, 5.41) is 0. The van der Waals surface area contributed by atoms with E-state index in [4.69, 9.17) is 0 Å². The molecular weight excluding hydrogens is 342 g/mol. The van der Waals surface area contributed by atoms with E-state index in [2.05, 4.69) is 0 Å². The highest BCUT2D eigenvalue weighted by Gasteiger charge is 2.47. The van der Waals surface area contributed by atoms with Crippen LogP contribution in [0.15, 0.2) is 48.5 Å². The molecule has 0 saturated heterocycles. The number of halogens is 6. The fourth-order valence-electron chi connectivity index (χ4n) is 3.04. The summed E-state index contributed by atoms with van der Waals surface area (Å²) in [5.74, 6) is -1.38. The summed E-state index contributed by atoms with van der Waals surface area (Å²) in [4.78, 5) is 0. The quantitative estimate of drug-likeness (QED) is 0.563. The smallest absolute Gasteiger partial charge is 0.170 e. The number of benzene rings is 2. The molecular formula is C19H15F6. The zero-order valence-electron chi connectivity index (χ0n) is 13.1. The molecule has 0 heterocycles. The van der Waals surface area contributed by atoms with E-state index >= 15 is 0 Å². The Morgan fingerprint density at radius 1 is 0.840 bits per heavy atom. The molecule has 0 aromatic heterocycles. The van der Waals surface area contributed by atoms with Crippen molar-refractivity contribution in [1.29, 1.82) is 0 Å². The summed E-state index contributed by atoms with van der Waals surface area (Å²) >= 11 is 0. The van der Waals surface area contributed by atoms with Gasteiger partial charge in [-0.05, 0) is 47.9 Å². The van der Waals surface area contributed by atoms with Crippen LogP contribution >= 0.6 is 0 Å². The number of hydrogen-bond donors (Lipinski definition) is 0. The average molecular weight is 357 g/mol. The molecule has 1 aliphatic rings. The second kappa shape index (κ2) is 6.39. The van der Waals surface area contributed by atoms with Gasteiger partial charge >= 0.3 is 12.4 Å². The predicted octanol–water partition coefficient (Wildman–Crippen LogP) is 6.31. The van der Waals surface area contributed by atoms with Crippen molar-refractivity contribution < 1.29 is 26.3 Å². The molecule has 0 nitrogen and oxygen atoms in total. The molecule has 0 amide bonds. The van der Waals surface area contributed by atoms with E-state index in [9.17, 15) is 26.3 Å². The largest absolute Gasteiger partial charge is 0.416 e. The Labute approximate surface area is 141 Å². The number of alkyl halides is 6. The third-order valence-corrected chi connectivity index (χ3v) is 4.29. The Morgan fingerprint density at radius 3 is 2.00 bits per heavy atom. The Kier molecular flexibility index (Phi) is 4.56. The normalized spacial score (nSPS) is 15.6. The van der Waals surface area contributed by atoms with Crippen molar-refractivity contribution >= 4 is 0 Å². The van der Waals surface area contributed by atoms with Gasteiger partial charge in [0.1, 0.15) is 5.92 Å². The summed E-state index contributed by atoms with van der Waals surface area (Å²) in [6.45, 7) is 0. The monoisotopic (exact) mass is 357 g/mol. The van der Waals surface area contributed by atoms with Crippen molar-refractivity contribution in [2.75, 3.05) is 0 Å². The first-order valence-corrected chi connectivity index (χ1v) is 7.85. The van der Waals surface area contributed by atoms with Crippen molar-refractivity contribution in [3.63, 3.8) is 0 Å². The van der Waals surface area contributed by atoms with E-state index in [-0.39, 0.29) is 11.1 Å². The van der Waals surface area contributed by atoms with Gasteiger partial charge in [0.25, 0.3) is 0 Å². The Bertz CT molecular complexity index is 726. The molecule has 2 aromatic rings. The maximum atomic E-state index is 13.7. The first-order chi connectivity index (χ1) is 11.7. The SMILES string of the molecule is FC(F)(F)[C](Cc1ccccc1)c1cccc(C(F)(F)F)c1C1CC1. The highest BCUT2D eigenvalue weighted by atomic mass is 19.4. The van der Waals surface area contributed by atoms with Crippen LogP contribution in [-0.2, 0) is 12.6 Å². The van der Waals surface area contributed by atoms with E-state index in [1.807, 2.05) is 0 Å². The van der Waals surface area contributed by atoms with E-state index < -0.39 is 36.2 Å². The molecule has 0 N–H and O–H groups in total. The molecule has 3 rings (SSSR count). The van der Waals surface area contributed by atoms with Gasteiger partial charge < -0.3 is 0 Å². The number of hydrogen-bond acceptors (Lipinski definition) is 0. The van der Waals surface area contributed by atoms with Crippen LogP contribution < -0.4 is 0 Å². The van der Waals surface area contributed by atoms with Crippen LogP contribution in [0.5, 0.6) is 0 Å². The van der Waals surface area contributed by atoms with E-state index in [0.29, 0.717) is 18.4 Å². The van der Waals surface area contributed by atoms with Crippen LogP contribution in [0.1, 0.15) is 41.0 Å². The fourth-order valence-corrected chi connectivity index (χ4v) is 3.04. The summed E-state index contributed by atoms with van der Waals surface area (Å²) in [6.07, 6.45) is -8.86. The Morgan fingerprint density at radius 2 is 1.48 bits per heavy atom. The summed E-state index contributed by atoms with van der Waals surface area (Å²) < 4.78 is 80.9. The minimum Gasteiger partial charge on any atom is -0.170 e. The van der Waals surface area contributed by atoms with Crippen molar-refractivity contribution in [1.82, 2.24) is 0 Å². The van der Waals surface area contributed by atoms with Gasteiger partial charge in [0, 0.05) is 0 Å². The van der Waals surface area contributed by atoms with Gasteiger partial charge in [-0.15, -0.1) is 0 Å². The molecule has 0 aliphatic heterocycles. The second-order valence-corrected chi connectivity index (χ2v) is 6.18. The molecule has 0 atom stereocenters. The molecule has 0 spiro atoms. The van der Waals surface area contributed by atoms with Gasteiger partial charge in [0.15, 0.2) is 0 Å². The van der Waals surface area contributed by atoms with Crippen LogP contribution in [0, 0.1) is 5.92 Å². The minimum absolute atomic E-state index is 0.210. The predicted molar refractivity (Wildman–Crippen MR) is 82.0 cm³/mol. The highest BCUT2D eigenvalue weighted by Crippen LogP contribution is 2.51. The lowest BCUT2D eigenvalue weighted by molar-refractivity contribution is -0.138. The average Bonchev–Trinajstić information content (AvgIpc) is 3.36. The highest BCUT2D eigenvalue weighted by molar-refractivity contribution is 5.50. The van der Waals surface area contributed by atoms with Crippen LogP contribution in [0.2, 0.25) is 0 Å². The lowest BCUT2D eigenvalue weighted by atomic mass is 9.84. The van der Waals surface area contributed by atoms with Crippen LogP contribution in [0.4, 0.5) is 26.3 Å². The zero-order valence-corrected chi connectivity index (χ0v) is 13.1. The van der Waals surface area contributed by atoms with Crippen molar-refractivity contribution in [3.05, 3.63) is 76.7 Å². The van der Waals surface area contributed by atoms with Gasteiger partial charge in [-0.2, -0.15) is 26.3 Å². The summed E-state index contributed by atoms with van der Waals surface area (Å²) in [7, 11) is 0. The van der Waals surface area contributed by atoms with Gasteiger partial charge in [-0.25, -0.2) is 0 Å². The van der Waals surface area contributed by atoms with Gasteiger partial charge in [0.05, 0.1) is 5.56 Å². The molecule has 0 unspecified atom stereocenters. The number of rotatable bonds is 4. The lowest BCUT2D eigenvalue weighted by Gasteiger charge is -2.25. The maximum Gasteiger partial charge on any atom is 0.416 e. The fraction of sp³-hybridized carbons (Fsp3) is 0.316.